The van der Waals surface area contributed by atoms with Gasteiger partial charge in [-0.05, 0) is 40.8 Å². The molecule has 2 aliphatic rings. The molecule has 0 spiro atoms. The van der Waals surface area contributed by atoms with Gasteiger partial charge in [0.05, 0.1) is 12.6 Å². The Morgan fingerprint density at radius 1 is 1.03 bits per heavy atom. The molecule has 2 aromatic heterocycles. The first-order valence-electron chi connectivity index (χ1n) is 10.6. The van der Waals surface area contributed by atoms with E-state index in [2.05, 4.69) is 11.1 Å². The molecule has 0 radical (unpaired) electrons. The highest BCUT2D eigenvalue weighted by Gasteiger charge is 2.48. The van der Waals surface area contributed by atoms with Crippen molar-refractivity contribution < 1.29 is 9.59 Å². The quantitative estimate of drug-likeness (QED) is 0.478. The number of halogens is 1. The van der Waals surface area contributed by atoms with Crippen LogP contribution in [0, 0.1) is 0 Å². The molecule has 2 aliphatic heterocycles. The van der Waals surface area contributed by atoms with Crippen molar-refractivity contribution in [3.05, 3.63) is 92.8 Å². The largest absolute Gasteiger partial charge is 0.356 e. The number of para-hydroxylation sites is 1. The highest BCUT2D eigenvalue weighted by Crippen LogP contribution is 2.42. The average molecular weight is 462 g/mol. The van der Waals surface area contributed by atoms with Gasteiger partial charge in [0.15, 0.2) is 0 Å². The predicted octanol–water partition coefficient (Wildman–Crippen LogP) is 4.77. The first-order valence-corrected chi connectivity index (χ1v) is 11.8. The van der Waals surface area contributed by atoms with Crippen LogP contribution < -0.4 is 0 Å². The molecule has 0 aliphatic carbocycles. The van der Waals surface area contributed by atoms with Gasteiger partial charge in [-0.2, -0.15) is 0 Å². The van der Waals surface area contributed by atoms with E-state index in [1.54, 1.807) is 21.1 Å². The van der Waals surface area contributed by atoms with Gasteiger partial charge in [0.25, 0.3) is 0 Å². The topological polar surface area (TPSA) is 56.4 Å². The Kier molecular flexibility index (Phi) is 4.59. The number of H-pyrrole nitrogens is 1. The summed E-state index contributed by atoms with van der Waals surface area (Å²) in [5.41, 5.74) is 4.06. The second-order valence-electron chi connectivity index (χ2n) is 8.31. The van der Waals surface area contributed by atoms with Crippen LogP contribution in [0.2, 0.25) is 5.02 Å². The number of carbonyl (C=O) groups is 2. The number of nitrogens with zero attached hydrogens (tertiary/aromatic N) is 2. The van der Waals surface area contributed by atoms with Gasteiger partial charge >= 0.3 is 0 Å². The molecular formula is C25H20ClN3O2S. The SMILES string of the molecule is O=C1[C@@H]2Cc3c([nH]c4ccccc34)C(c3ccc(Cl)cc3)N2C(=O)CN1Cc1cccs1. The van der Waals surface area contributed by atoms with Crippen LogP contribution in [0.4, 0.5) is 0 Å². The Morgan fingerprint density at radius 2 is 1.84 bits per heavy atom. The average Bonchev–Trinajstić information content (AvgIpc) is 3.44. The maximum absolute atomic E-state index is 13.6. The molecule has 5 nitrogen and oxygen atoms in total. The minimum absolute atomic E-state index is 0.00731. The number of rotatable bonds is 3. The maximum atomic E-state index is 13.6. The van der Waals surface area contributed by atoms with Crippen LogP contribution in [-0.4, -0.2) is 39.2 Å². The molecular weight excluding hydrogens is 442 g/mol. The number of piperazine rings is 1. The van der Waals surface area contributed by atoms with E-state index in [4.69, 9.17) is 11.6 Å². The lowest BCUT2D eigenvalue weighted by molar-refractivity contribution is -0.159. The lowest BCUT2D eigenvalue weighted by atomic mass is 9.86. The van der Waals surface area contributed by atoms with Crippen molar-refractivity contribution in [1.29, 1.82) is 0 Å². The third-order valence-corrected chi connectivity index (χ3v) is 7.57. The van der Waals surface area contributed by atoms with E-state index >= 15 is 0 Å². The molecule has 1 saturated heterocycles. The standard InChI is InChI=1S/C25H20ClN3O2S/c26-16-9-7-15(8-10-16)24-23-19(18-5-1-2-6-20(18)27-23)12-21-25(31)28(14-22(30)29(21)24)13-17-4-3-11-32-17/h1-11,21,24,27H,12-14H2/t21-,24?/m0/s1. The summed E-state index contributed by atoms with van der Waals surface area (Å²) in [6, 6.07) is 18.8. The maximum Gasteiger partial charge on any atom is 0.246 e. The summed E-state index contributed by atoms with van der Waals surface area (Å²) in [6.07, 6.45) is 0.509. The van der Waals surface area contributed by atoms with Gasteiger partial charge in [-0.1, -0.05) is 48.0 Å². The Hall–Kier alpha value is -3.09. The Bertz CT molecular complexity index is 1330. The smallest absolute Gasteiger partial charge is 0.246 e. The number of aromatic nitrogens is 1. The van der Waals surface area contributed by atoms with Gasteiger partial charge in [-0.15, -0.1) is 11.3 Å². The van der Waals surface area contributed by atoms with Crippen LogP contribution in [0.15, 0.2) is 66.0 Å². The van der Waals surface area contributed by atoms with Crippen molar-refractivity contribution in [3.8, 4) is 0 Å². The first-order chi connectivity index (χ1) is 15.6. The fraction of sp³-hybridized carbons (Fsp3) is 0.200. The lowest BCUT2D eigenvalue weighted by Crippen LogP contribution is -2.62. The number of benzene rings is 2. The number of hydrogen-bond donors (Lipinski definition) is 1. The van der Waals surface area contributed by atoms with Crippen LogP contribution in [-0.2, 0) is 22.6 Å². The van der Waals surface area contributed by atoms with Crippen molar-refractivity contribution in [2.75, 3.05) is 6.54 Å². The number of fused-ring (bicyclic) bond motifs is 4. The van der Waals surface area contributed by atoms with Gasteiger partial charge in [-0.3, -0.25) is 9.59 Å². The number of hydrogen-bond acceptors (Lipinski definition) is 3. The number of nitrogens with one attached hydrogen (secondary N) is 1. The number of aromatic amines is 1. The molecule has 2 amide bonds. The molecule has 0 saturated carbocycles. The van der Waals surface area contributed by atoms with Crippen molar-refractivity contribution >= 4 is 45.7 Å². The number of thiophene rings is 1. The van der Waals surface area contributed by atoms with Crippen LogP contribution in [0.1, 0.15) is 27.7 Å². The van der Waals surface area contributed by atoms with Crippen molar-refractivity contribution in [1.82, 2.24) is 14.8 Å². The molecule has 1 N–H and O–H groups in total. The number of amides is 2. The summed E-state index contributed by atoms with van der Waals surface area (Å²) in [5, 5.41) is 3.74. The number of carbonyl (C=O) groups excluding carboxylic acids is 2. The van der Waals surface area contributed by atoms with Crippen molar-refractivity contribution in [2.24, 2.45) is 0 Å². The van der Waals surface area contributed by atoms with E-state index in [0.29, 0.717) is 18.0 Å². The van der Waals surface area contributed by atoms with Gasteiger partial charge in [0, 0.05) is 32.9 Å². The zero-order valence-corrected chi connectivity index (χ0v) is 18.7. The van der Waals surface area contributed by atoms with Gasteiger partial charge in [0.2, 0.25) is 11.8 Å². The highest BCUT2D eigenvalue weighted by atomic mass is 35.5. The molecule has 4 aromatic rings. The molecule has 160 valence electrons. The minimum Gasteiger partial charge on any atom is -0.356 e. The molecule has 6 rings (SSSR count). The van der Waals surface area contributed by atoms with Crippen molar-refractivity contribution in [3.63, 3.8) is 0 Å². The molecule has 4 heterocycles. The Labute approximate surface area is 194 Å². The van der Waals surface area contributed by atoms with Crippen LogP contribution >= 0.6 is 22.9 Å². The molecule has 32 heavy (non-hydrogen) atoms. The highest BCUT2D eigenvalue weighted by molar-refractivity contribution is 7.09. The van der Waals surface area contributed by atoms with E-state index < -0.39 is 6.04 Å². The van der Waals surface area contributed by atoms with Gasteiger partial charge in [-0.25, -0.2) is 0 Å². The summed E-state index contributed by atoms with van der Waals surface area (Å²) in [6.45, 7) is 0.561. The molecule has 2 aromatic carbocycles. The molecule has 1 fully saturated rings. The molecule has 7 heteroatoms. The van der Waals surface area contributed by atoms with E-state index in [1.165, 1.54) is 0 Å². The fourth-order valence-electron chi connectivity index (χ4n) is 5.04. The van der Waals surface area contributed by atoms with Crippen LogP contribution in [0.25, 0.3) is 10.9 Å². The Morgan fingerprint density at radius 3 is 2.62 bits per heavy atom. The monoisotopic (exact) mass is 461 g/mol. The van der Waals surface area contributed by atoms with E-state index in [1.807, 2.05) is 60.0 Å². The van der Waals surface area contributed by atoms with Crippen LogP contribution in [0.5, 0.6) is 0 Å². The van der Waals surface area contributed by atoms with E-state index in [-0.39, 0.29) is 24.4 Å². The second-order valence-corrected chi connectivity index (χ2v) is 9.78. The Balaban J connectivity index is 1.48. The minimum atomic E-state index is -0.524. The predicted molar refractivity (Wildman–Crippen MR) is 126 cm³/mol. The summed E-state index contributed by atoms with van der Waals surface area (Å²) >= 11 is 7.75. The van der Waals surface area contributed by atoms with E-state index in [0.717, 1.165) is 32.6 Å². The zero-order chi connectivity index (χ0) is 21.8. The molecule has 0 bridgehead atoms. The van der Waals surface area contributed by atoms with Crippen molar-refractivity contribution in [2.45, 2.75) is 25.0 Å². The summed E-state index contributed by atoms with van der Waals surface area (Å²) in [4.78, 5) is 35.2. The molecule has 2 atom stereocenters. The molecule has 1 unspecified atom stereocenters. The summed E-state index contributed by atoms with van der Waals surface area (Å²) < 4.78 is 0. The normalized spacial score (nSPS) is 20.5. The fourth-order valence-corrected chi connectivity index (χ4v) is 5.88. The van der Waals surface area contributed by atoms with E-state index in [9.17, 15) is 9.59 Å². The third kappa shape index (κ3) is 3.05. The second kappa shape index (κ2) is 7.50. The lowest BCUT2D eigenvalue weighted by Gasteiger charge is -2.47. The van der Waals surface area contributed by atoms with Gasteiger partial charge < -0.3 is 14.8 Å². The summed E-state index contributed by atoms with van der Waals surface area (Å²) in [7, 11) is 0. The third-order valence-electron chi connectivity index (χ3n) is 6.45. The first kappa shape index (κ1) is 19.6. The summed E-state index contributed by atoms with van der Waals surface area (Å²) in [5.74, 6) is -0.0247. The van der Waals surface area contributed by atoms with Gasteiger partial charge in [0.1, 0.15) is 12.6 Å². The van der Waals surface area contributed by atoms with Crippen LogP contribution in [0.3, 0.4) is 0 Å². The zero-order valence-electron chi connectivity index (χ0n) is 17.1.